The van der Waals surface area contributed by atoms with Crippen molar-refractivity contribution in [1.82, 2.24) is 0 Å². The predicted molar refractivity (Wildman–Crippen MR) is 51.6 cm³/mol. The number of aliphatic hydroxyl groups is 1. The van der Waals surface area contributed by atoms with Crippen molar-refractivity contribution in [2.45, 2.75) is 12.8 Å². The fraction of sp³-hybridized carbons (Fsp3) is 0.273. The van der Waals surface area contributed by atoms with Gasteiger partial charge in [-0.05, 0) is 36.6 Å². The van der Waals surface area contributed by atoms with Crippen LogP contribution in [0.25, 0.3) is 11.0 Å². The number of halogens is 1. The highest BCUT2D eigenvalue weighted by Crippen LogP contribution is 2.23. The smallest absolute Gasteiger partial charge is 0.134 e. The molecule has 0 unspecified atom stereocenters. The summed E-state index contributed by atoms with van der Waals surface area (Å²) < 4.78 is 18.6. The van der Waals surface area contributed by atoms with Gasteiger partial charge in [0.25, 0.3) is 0 Å². The first kappa shape index (κ1) is 9.21. The van der Waals surface area contributed by atoms with Gasteiger partial charge in [-0.15, -0.1) is 0 Å². The van der Waals surface area contributed by atoms with Gasteiger partial charge in [0.15, 0.2) is 0 Å². The molecule has 2 aromatic rings. The molecule has 0 aliphatic carbocycles. The van der Waals surface area contributed by atoms with Crippen molar-refractivity contribution in [1.29, 1.82) is 0 Å². The van der Waals surface area contributed by atoms with Gasteiger partial charge >= 0.3 is 0 Å². The molecule has 0 saturated carbocycles. The highest BCUT2D eigenvalue weighted by Gasteiger charge is 2.08. The maximum Gasteiger partial charge on any atom is 0.134 e. The fourth-order valence-corrected chi connectivity index (χ4v) is 1.59. The number of furan rings is 1. The van der Waals surface area contributed by atoms with Crippen LogP contribution in [0.5, 0.6) is 0 Å². The van der Waals surface area contributed by atoms with E-state index in [0.29, 0.717) is 24.0 Å². The van der Waals surface area contributed by atoms with Gasteiger partial charge in [0, 0.05) is 12.0 Å². The van der Waals surface area contributed by atoms with Crippen LogP contribution in [0, 0.1) is 5.82 Å². The summed E-state index contributed by atoms with van der Waals surface area (Å²) >= 11 is 0. The van der Waals surface area contributed by atoms with Crippen LogP contribution >= 0.6 is 0 Å². The largest absolute Gasteiger partial charge is 0.464 e. The minimum absolute atomic E-state index is 0.0771. The number of aryl methyl sites for hydroxylation is 1. The summed E-state index contributed by atoms with van der Waals surface area (Å²) in [6, 6.07) is 4.77. The first-order valence-corrected chi connectivity index (χ1v) is 4.58. The number of hydrogen-bond acceptors (Lipinski definition) is 2. The molecule has 74 valence electrons. The van der Waals surface area contributed by atoms with E-state index in [0.717, 1.165) is 5.39 Å². The van der Waals surface area contributed by atoms with E-state index >= 15 is 0 Å². The Bertz CT molecular complexity index is 434. The van der Waals surface area contributed by atoms with Gasteiger partial charge in [0.05, 0.1) is 6.26 Å². The molecule has 1 aromatic carbocycles. The van der Waals surface area contributed by atoms with Gasteiger partial charge in [0.2, 0.25) is 0 Å². The SMILES string of the molecule is OCCCc1c(F)ccc2occc12. The Labute approximate surface area is 81.0 Å². The molecule has 2 nitrogen and oxygen atoms in total. The Balaban J connectivity index is 2.47. The quantitative estimate of drug-likeness (QED) is 0.814. The molecule has 1 heterocycles. The maximum absolute atomic E-state index is 13.4. The van der Waals surface area contributed by atoms with Crippen molar-refractivity contribution >= 4 is 11.0 Å². The lowest BCUT2D eigenvalue weighted by Gasteiger charge is -2.02. The monoisotopic (exact) mass is 194 g/mol. The molecule has 1 aromatic heterocycles. The molecule has 0 fully saturated rings. The van der Waals surface area contributed by atoms with Gasteiger partial charge in [-0.1, -0.05) is 0 Å². The minimum atomic E-state index is -0.229. The molecule has 0 aliphatic rings. The summed E-state index contributed by atoms with van der Waals surface area (Å²) in [6.45, 7) is 0.0771. The van der Waals surface area contributed by atoms with Gasteiger partial charge in [-0.25, -0.2) is 4.39 Å². The second-order valence-electron chi connectivity index (χ2n) is 3.19. The molecule has 0 amide bonds. The number of rotatable bonds is 3. The highest BCUT2D eigenvalue weighted by molar-refractivity contribution is 5.81. The number of fused-ring (bicyclic) bond motifs is 1. The molecule has 2 rings (SSSR count). The molecule has 0 radical (unpaired) electrons. The average Bonchev–Trinajstić information content (AvgIpc) is 2.64. The van der Waals surface area contributed by atoms with E-state index in [9.17, 15) is 4.39 Å². The Kier molecular flexibility index (Phi) is 2.50. The van der Waals surface area contributed by atoms with Crippen LogP contribution in [0.2, 0.25) is 0 Å². The van der Waals surface area contributed by atoms with E-state index in [1.165, 1.54) is 6.07 Å². The standard InChI is InChI=1S/C11H11FO2/c12-10-3-4-11-9(5-7-14-11)8(10)2-1-6-13/h3-5,7,13H,1-2,6H2. The van der Waals surface area contributed by atoms with E-state index in [1.54, 1.807) is 18.4 Å². The van der Waals surface area contributed by atoms with Crippen molar-refractivity contribution < 1.29 is 13.9 Å². The lowest BCUT2D eigenvalue weighted by Crippen LogP contribution is -1.93. The Hall–Kier alpha value is -1.35. The third-order valence-electron chi connectivity index (χ3n) is 2.27. The summed E-state index contributed by atoms with van der Waals surface area (Å²) in [7, 11) is 0. The topological polar surface area (TPSA) is 33.4 Å². The average molecular weight is 194 g/mol. The lowest BCUT2D eigenvalue weighted by atomic mass is 10.1. The maximum atomic E-state index is 13.4. The van der Waals surface area contributed by atoms with E-state index in [-0.39, 0.29) is 12.4 Å². The van der Waals surface area contributed by atoms with Crippen molar-refractivity contribution in [2.24, 2.45) is 0 Å². The van der Waals surface area contributed by atoms with Gasteiger partial charge in [0.1, 0.15) is 11.4 Å². The summed E-state index contributed by atoms with van der Waals surface area (Å²) in [5.41, 5.74) is 1.32. The molecular formula is C11H11FO2. The molecule has 3 heteroatoms. The van der Waals surface area contributed by atoms with Gasteiger partial charge < -0.3 is 9.52 Å². The van der Waals surface area contributed by atoms with Gasteiger partial charge in [-0.3, -0.25) is 0 Å². The van der Waals surface area contributed by atoms with Crippen molar-refractivity contribution in [2.75, 3.05) is 6.61 Å². The number of hydrogen-bond donors (Lipinski definition) is 1. The summed E-state index contributed by atoms with van der Waals surface area (Å²) in [5.74, 6) is -0.229. The molecule has 0 atom stereocenters. The first-order valence-electron chi connectivity index (χ1n) is 4.58. The molecule has 0 saturated heterocycles. The predicted octanol–water partition coefficient (Wildman–Crippen LogP) is 2.50. The Morgan fingerprint density at radius 3 is 2.93 bits per heavy atom. The van der Waals surface area contributed by atoms with Crippen LogP contribution in [-0.4, -0.2) is 11.7 Å². The van der Waals surface area contributed by atoms with Crippen LogP contribution < -0.4 is 0 Å². The highest BCUT2D eigenvalue weighted by atomic mass is 19.1. The van der Waals surface area contributed by atoms with E-state index in [2.05, 4.69) is 0 Å². The summed E-state index contributed by atoms with van der Waals surface area (Å²) in [6.07, 6.45) is 2.66. The second-order valence-corrected chi connectivity index (χ2v) is 3.19. The summed E-state index contributed by atoms with van der Waals surface area (Å²) in [5, 5.41) is 9.50. The van der Waals surface area contributed by atoms with E-state index in [4.69, 9.17) is 9.52 Å². The number of aliphatic hydroxyl groups excluding tert-OH is 1. The third-order valence-corrected chi connectivity index (χ3v) is 2.27. The lowest BCUT2D eigenvalue weighted by molar-refractivity contribution is 0.288. The van der Waals surface area contributed by atoms with Crippen molar-refractivity contribution in [3.63, 3.8) is 0 Å². The van der Waals surface area contributed by atoms with Crippen LogP contribution in [0.3, 0.4) is 0 Å². The van der Waals surface area contributed by atoms with Crippen molar-refractivity contribution in [3.05, 3.63) is 35.8 Å². The van der Waals surface area contributed by atoms with Gasteiger partial charge in [-0.2, -0.15) is 0 Å². The zero-order valence-electron chi connectivity index (χ0n) is 7.66. The van der Waals surface area contributed by atoms with Crippen molar-refractivity contribution in [3.8, 4) is 0 Å². The normalized spacial score (nSPS) is 11.0. The molecule has 0 bridgehead atoms. The molecular weight excluding hydrogens is 183 g/mol. The van der Waals surface area contributed by atoms with Crippen LogP contribution in [0.1, 0.15) is 12.0 Å². The third kappa shape index (κ3) is 1.51. The van der Waals surface area contributed by atoms with E-state index in [1.807, 2.05) is 0 Å². The van der Waals surface area contributed by atoms with Crippen LogP contribution in [0.15, 0.2) is 28.9 Å². The Morgan fingerprint density at radius 1 is 1.29 bits per heavy atom. The minimum Gasteiger partial charge on any atom is -0.464 e. The van der Waals surface area contributed by atoms with Crippen LogP contribution in [0.4, 0.5) is 4.39 Å². The first-order chi connectivity index (χ1) is 6.83. The molecule has 14 heavy (non-hydrogen) atoms. The van der Waals surface area contributed by atoms with E-state index < -0.39 is 0 Å². The number of benzene rings is 1. The Morgan fingerprint density at radius 2 is 2.14 bits per heavy atom. The molecule has 0 aliphatic heterocycles. The van der Waals surface area contributed by atoms with Crippen LogP contribution in [-0.2, 0) is 6.42 Å². The second kappa shape index (κ2) is 3.80. The summed E-state index contributed by atoms with van der Waals surface area (Å²) in [4.78, 5) is 0. The molecule has 0 spiro atoms. The molecule has 1 N–H and O–H groups in total. The zero-order valence-corrected chi connectivity index (χ0v) is 7.66. The fourth-order valence-electron chi connectivity index (χ4n) is 1.59. The zero-order chi connectivity index (χ0) is 9.97.